The first-order valence-corrected chi connectivity index (χ1v) is 7.77. The number of rotatable bonds is 7. The first-order chi connectivity index (χ1) is 9.76. The molecule has 0 spiro atoms. The van der Waals surface area contributed by atoms with Gasteiger partial charge in [-0.15, -0.1) is 0 Å². The molecule has 5 nitrogen and oxygen atoms in total. The lowest BCUT2D eigenvalue weighted by atomic mass is 9.93. The van der Waals surface area contributed by atoms with Crippen molar-refractivity contribution in [2.45, 2.75) is 43.6 Å². The highest BCUT2D eigenvalue weighted by atomic mass is 16.6. The molecule has 0 aromatic rings. The zero-order valence-corrected chi connectivity index (χ0v) is 13.0. The van der Waals surface area contributed by atoms with Gasteiger partial charge in [-0.3, -0.25) is 0 Å². The number of nitrogens with zero attached hydrogens (tertiary/aromatic N) is 1. The molecule has 0 aromatic carbocycles. The van der Waals surface area contributed by atoms with Crippen molar-refractivity contribution >= 4 is 7.85 Å². The summed E-state index contributed by atoms with van der Waals surface area (Å²) in [5.41, 5.74) is 0. The Labute approximate surface area is 123 Å². The van der Waals surface area contributed by atoms with Gasteiger partial charge in [0.05, 0.1) is 19.2 Å². The van der Waals surface area contributed by atoms with E-state index in [1.807, 2.05) is 7.85 Å². The Bertz CT molecular complexity index is 276. The van der Waals surface area contributed by atoms with Crippen molar-refractivity contribution in [2.24, 2.45) is 0 Å². The molecule has 0 saturated carbocycles. The SMILES string of the molecule is B[C@@H]1O[C@H](COC)C(OC)[C@@H]1OCCN1CCCCC1. The van der Waals surface area contributed by atoms with E-state index in [9.17, 15) is 0 Å². The van der Waals surface area contributed by atoms with E-state index in [1.54, 1.807) is 14.2 Å². The minimum atomic E-state index is -0.0358. The summed E-state index contributed by atoms with van der Waals surface area (Å²) in [6.45, 7) is 4.72. The third-order valence-electron chi connectivity index (χ3n) is 4.31. The van der Waals surface area contributed by atoms with Crippen LogP contribution < -0.4 is 0 Å². The van der Waals surface area contributed by atoms with E-state index >= 15 is 0 Å². The van der Waals surface area contributed by atoms with Gasteiger partial charge in [0.1, 0.15) is 26.2 Å². The minimum absolute atomic E-state index is 0.00457. The molecular formula is C14H28BNO4. The van der Waals surface area contributed by atoms with Crippen LogP contribution in [0.4, 0.5) is 0 Å². The maximum Gasteiger partial charge on any atom is 0.142 e. The van der Waals surface area contributed by atoms with E-state index in [0.717, 1.165) is 13.2 Å². The molecule has 4 atom stereocenters. The van der Waals surface area contributed by atoms with Crippen LogP contribution in [0.1, 0.15) is 19.3 Å². The van der Waals surface area contributed by atoms with Crippen molar-refractivity contribution in [3.05, 3.63) is 0 Å². The Hall–Kier alpha value is -0.135. The van der Waals surface area contributed by atoms with Crippen LogP contribution >= 0.6 is 0 Å². The van der Waals surface area contributed by atoms with Gasteiger partial charge in [0.2, 0.25) is 0 Å². The summed E-state index contributed by atoms with van der Waals surface area (Å²) >= 11 is 0. The smallest absolute Gasteiger partial charge is 0.142 e. The molecule has 0 aliphatic carbocycles. The highest BCUT2D eigenvalue weighted by Gasteiger charge is 2.43. The van der Waals surface area contributed by atoms with Crippen LogP contribution in [0.3, 0.4) is 0 Å². The Kier molecular flexibility index (Phi) is 6.77. The number of hydrogen-bond acceptors (Lipinski definition) is 5. The van der Waals surface area contributed by atoms with E-state index in [1.165, 1.54) is 32.4 Å². The first kappa shape index (κ1) is 16.2. The topological polar surface area (TPSA) is 40.2 Å². The fraction of sp³-hybridized carbons (Fsp3) is 1.00. The summed E-state index contributed by atoms with van der Waals surface area (Å²) in [5.74, 6) is 0. The number of ether oxygens (including phenoxy) is 4. The van der Waals surface area contributed by atoms with Crippen LogP contribution in [-0.4, -0.2) is 84.1 Å². The Morgan fingerprint density at radius 2 is 1.90 bits per heavy atom. The van der Waals surface area contributed by atoms with Gasteiger partial charge in [-0.1, -0.05) is 6.42 Å². The average molecular weight is 285 g/mol. The molecule has 0 amide bonds. The van der Waals surface area contributed by atoms with Crippen LogP contribution in [-0.2, 0) is 18.9 Å². The maximum atomic E-state index is 6.05. The third kappa shape index (κ3) is 4.18. The average Bonchev–Trinajstić information content (AvgIpc) is 2.76. The molecule has 116 valence electrons. The van der Waals surface area contributed by atoms with Crippen molar-refractivity contribution in [3.63, 3.8) is 0 Å². The maximum absolute atomic E-state index is 6.05. The summed E-state index contributed by atoms with van der Waals surface area (Å²) in [7, 11) is 5.45. The van der Waals surface area contributed by atoms with Crippen LogP contribution in [0.15, 0.2) is 0 Å². The predicted molar refractivity (Wildman–Crippen MR) is 79.9 cm³/mol. The normalized spacial score (nSPS) is 35.5. The molecule has 2 saturated heterocycles. The predicted octanol–water partition coefficient (Wildman–Crippen LogP) is -0.123. The molecule has 0 bridgehead atoms. The second kappa shape index (κ2) is 8.34. The molecule has 20 heavy (non-hydrogen) atoms. The summed E-state index contributed by atoms with van der Waals surface area (Å²) in [5, 5.41) is 0. The van der Waals surface area contributed by atoms with Gasteiger partial charge < -0.3 is 23.8 Å². The van der Waals surface area contributed by atoms with Crippen LogP contribution in [0.2, 0.25) is 0 Å². The lowest BCUT2D eigenvalue weighted by Gasteiger charge is -2.28. The molecule has 2 rings (SSSR count). The summed E-state index contributed by atoms with van der Waals surface area (Å²) in [4.78, 5) is 2.48. The second-order valence-corrected chi connectivity index (χ2v) is 5.77. The van der Waals surface area contributed by atoms with Gasteiger partial charge in [-0.25, -0.2) is 0 Å². The van der Waals surface area contributed by atoms with E-state index in [2.05, 4.69) is 4.90 Å². The van der Waals surface area contributed by atoms with E-state index in [4.69, 9.17) is 18.9 Å². The molecule has 2 fully saturated rings. The number of likely N-dealkylation sites (tertiary alicyclic amines) is 1. The Morgan fingerprint density at radius 1 is 1.15 bits per heavy atom. The zero-order chi connectivity index (χ0) is 14.4. The van der Waals surface area contributed by atoms with Gasteiger partial charge in [0.25, 0.3) is 0 Å². The number of methoxy groups -OCH3 is 2. The quantitative estimate of drug-likeness (QED) is 0.610. The summed E-state index contributed by atoms with van der Waals surface area (Å²) < 4.78 is 22.7. The van der Waals surface area contributed by atoms with Gasteiger partial charge in [-0.2, -0.15) is 0 Å². The van der Waals surface area contributed by atoms with Crippen molar-refractivity contribution in [2.75, 3.05) is 47.1 Å². The third-order valence-corrected chi connectivity index (χ3v) is 4.31. The second-order valence-electron chi connectivity index (χ2n) is 5.77. The van der Waals surface area contributed by atoms with Crippen LogP contribution in [0, 0.1) is 0 Å². The van der Waals surface area contributed by atoms with E-state index in [0.29, 0.717) is 6.61 Å². The first-order valence-electron chi connectivity index (χ1n) is 7.77. The van der Waals surface area contributed by atoms with Gasteiger partial charge in [0.15, 0.2) is 0 Å². The molecule has 2 aliphatic heterocycles. The van der Waals surface area contributed by atoms with Crippen LogP contribution in [0.5, 0.6) is 0 Å². The highest BCUT2D eigenvalue weighted by Crippen LogP contribution is 2.25. The van der Waals surface area contributed by atoms with Gasteiger partial charge in [0, 0.05) is 20.8 Å². The van der Waals surface area contributed by atoms with E-state index < -0.39 is 0 Å². The van der Waals surface area contributed by atoms with Crippen molar-refractivity contribution in [1.29, 1.82) is 0 Å². The lowest BCUT2D eigenvalue weighted by Crippen LogP contribution is -2.40. The molecule has 2 aliphatic rings. The molecule has 6 heteroatoms. The molecule has 2 heterocycles. The molecule has 1 unspecified atom stereocenters. The monoisotopic (exact) mass is 285 g/mol. The summed E-state index contributed by atoms with van der Waals surface area (Å²) in [6.07, 6.45) is 3.95. The van der Waals surface area contributed by atoms with Gasteiger partial charge in [-0.05, 0) is 25.9 Å². The Balaban J connectivity index is 1.75. The standard InChI is InChI=1S/C14H28BNO4/c1-17-10-11-12(18-2)13(14(15)20-11)19-9-8-16-6-4-3-5-7-16/h11-14H,3-10,15H2,1-2H3/t11-,12?,13+,14-/m1/s1. The van der Waals surface area contributed by atoms with Crippen LogP contribution in [0.25, 0.3) is 0 Å². The number of hydrogen-bond donors (Lipinski definition) is 0. The Morgan fingerprint density at radius 3 is 2.55 bits per heavy atom. The lowest BCUT2D eigenvalue weighted by molar-refractivity contribution is -0.0587. The summed E-state index contributed by atoms with van der Waals surface area (Å²) in [6, 6.07) is 0.0569. The molecular weight excluding hydrogens is 257 g/mol. The molecule has 0 radical (unpaired) electrons. The van der Waals surface area contributed by atoms with Gasteiger partial charge >= 0.3 is 0 Å². The number of piperidine rings is 1. The van der Waals surface area contributed by atoms with Crippen molar-refractivity contribution in [1.82, 2.24) is 4.90 Å². The molecule has 0 aromatic heterocycles. The zero-order valence-electron chi connectivity index (χ0n) is 13.0. The molecule has 0 N–H and O–H groups in total. The fourth-order valence-electron chi connectivity index (χ4n) is 3.22. The van der Waals surface area contributed by atoms with Crippen molar-refractivity contribution < 1.29 is 18.9 Å². The minimum Gasteiger partial charge on any atom is -0.382 e. The highest BCUT2D eigenvalue weighted by molar-refractivity contribution is 6.11. The van der Waals surface area contributed by atoms with Crippen molar-refractivity contribution in [3.8, 4) is 0 Å². The fourth-order valence-corrected chi connectivity index (χ4v) is 3.22. The largest absolute Gasteiger partial charge is 0.382 e. The van der Waals surface area contributed by atoms with E-state index in [-0.39, 0.29) is 24.3 Å².